The van der Waals surface area contributed by atoms with Gasteiger partial charge in [-0.15, -0.1) is 0 Å². The summed E-state index contributed by atoms with van der Waals surface area (Å²) in [7, 11) is -2.17. The summed E-state index contributed by atoms with van der Waals surface area (Å²) in [5.74, 6) is -0.364. The van der Waals surface area contributed by atoms with Crippen LogP contribution in [0.5, 0.6) is 0 Å². The summed E-state index contributed by atoms with van der Waals surface area (Å²) < 4.78 is 31.4. The number of carbonyl (C=O) groups is 2. The Balaban J connectivity index is 2.03. The van der Waals surface area contributed by atoms with E-state index in [0.717, 1.165) is 0 Å². The number of methoxy groups -OCH3 is 1. The summed E-state index contributed by atoms with van der Waals surface area (Å²) in [6.45, 7) is 2.54. The van der Waals surface area contributed by atoms with Crippen molar-refractivity contribution < 1.29 is 22.7 Å². The van der Waals surface area contributed by atoms with Crippen LogP contribution in [-0.2, 0) is 24.3 Å². The summed E-state index contributed by atoms with van der Waals surface area (Å²) >= 11 is 0. The molecule has 2 rings (SSSR count). The molecule has 0 unspecified atom stereocenters. The standard InChI is InChI=1S/C15H21N3O5S/c1-12(19)16-13-3-5-14(6-4-13)24(21,22)18-9-7-17(8-10-18)15(20)11-23-2/h3-6H,7-11H2,1-2H3,(H,16,19). The van der Waals surface area contributed by atoms with Crippen LogP contribution in [0.3, 0.4) is 0 Å². The summed E-state index contributed by atoms with van der Waals surface area (Å²) in [4.78, 5) is 24.5. The minimum Gasteiger partial charge on any atom is -0.375 e. The second-order valence-corrected chi connectivity index (χ2v) is 7.36. The fourth-order valence-electron chi connectivity index (χ4n) is 2.46. The molecule has 0 spiro atoms. The lowest BCUT2D eigenvalue weighted by molar-refractivity contribution is -0.136. The highest BCUT2D eigenvalue weighted by molar-refractivity contribution is 7.89. The van der Waals surface area contributed by atoms with E-state index in [1.165, 1.54) is 30.5 Å². The van der Waals surface area contributed by atoms with Gasteiger partial charge in [-0.1, -0.05) is 0 Å². The molecule has 0 aliphatic carbocycles. The molecule has 0 atom stereocenters. The van der Waals surface area contributed by atoms with Crippen molar-refractivity contribution in [3.05, 3.63) is 24.3 Å². The quantitative estimate of drug-likeness (QED) is 0.810. The SMILES string of the molecule is COCC(=O)N1CCN(S(=O)(=O)c2ccc(NC(C)=O)cc2)CC1. The number of amides is 2. The molecule has 2 amide bonds. The molecule has 9 heteroatoms. The smallest absolute Gasteiger partial charge is 0.248 e. The third-order valence-electron chi connectivity index (χ3n) is 3.67. The van der Waals surface area contributed by atoms with E-state index in [2.05, 4.69) is 5.32 Å². The molecule has 1 fully saturated rings. The zero-order chi connectivity index (χ0) is 17.7. The Labute approximate surface area is 141 Å². The summed E-state index contributed by atoms with van der Waals surface area (Å²) in [6.07, 6.45) is 0. The van der Waals surface area contributed by atoms with E-state index in [1.54, 1.807) is 17.0 Å². The first kappa shape index (κ1) is 18.4. The van der Waals surface area contributed by atoms with Gasteiger partial charge in [-0.2, -0.15) is 4.31 Å². The van der Waals surface area contributed by atoms with Crippen molar-refractivity contribution in [2.45, 2.75) is 11.8 Å². The Bertz CT molecular complexity index is 694. The van der Waals surface area contributed by atoms with Gasteiger partial charge in [0, 0.05) is 45.9 Å². The first-order chi connectivity index (χ1) is 11.3. The van der Waals surface area contributed by atoms with Crippen molar-refractivity contribution >= 4 is 27.5 Å². The average Bonchev–Trinajstić information content (AvgIpc) is 2.55. The van der Waals surface area contributed by atoms with Crippen LogP contribution in [0, 0.1) is 0 Å². The van der Waals surface area contributed by atoms with Crippen molar-refractivity contribution in [2.75, 3.05) is 45.2 Å². The Kier molecular flexibility index (Phi) is 5.92. The molecule has 0 radical (unpaired) electrons. The van der Waals surface area contributed by atoms with Crippen molar-refractivity contribution in [2.24, 2.45) is 0 Å². The van der Waals surface area contributed by atoms with Crippen LogP contribution >= 0.6 is 0 Å². The number of nitrogens with zero attached hydrogens (tertiary/aromatic N) is 2. The first-order valence-corrected chi connectivity index (χ1v) is 8.93. The van der Waals surface area contributed by atoms with Gasteiger partial charge in [-0.05, 0) is 24.3 Å². The van der Waals surface area contributed by atoms with Crippen LogP contribution in [0.15, 0.2) is 29.2 Å². The van der Waals surface area contributed by atoms with Gasteiger partial charge in [0.1, 0.15) is 6.61 Å². The topological polar surface area (TPSA) is 96.0 Å². The van der Waals surface area contributed by atoms with E-state index in [0.29, 0.717) is 18.8 Å². The van der Waals surface area contributed by atoms with Gasteiger partial charge in [0.05, 0.1) is 4.90 Å². The first-order valence-electron chi connectivity index (χ1n) is 7.49. The van der Waals surface area contributed by atoms with Crippen LogP contribution in [0.1, 0.15) is 6.92 Å². The van der Waals surface area contributed by atoms with Gasteiger partial charge in [0.15, 0.2) is 0 Å². The fourth-order valence-corrected chi connectivity index (χ4v) is 3.88. The Morgan fingerprint density at radius 2 is 1.71 bits per heavy atom. The highest BCUT2D eigenvalue weighted by Gasteiger charge is 2.29. The second kappa shape index (κ2) is 7.73. The van der Waals surface area contributed by atoms with Crippen molar-refractivity contribution in [3.8, 4) is 0 Å². The predicted octanol–water partition coefficient (Wildman–Crippen LogP) is 0.124. The number of anilines is 1. The van der Waals surface area contributed by atoms with Crippen LogP contribution in [0.4, 0.5) is 5.69 Å². The highest BCUT2D eigenvalue weighted by atomic mass is 32.2. The maximum Gasteiger partial charge on any atom is 0.248 e. The molecule has 0 aromatic heterocycles. The molecular formula is C15H21N3O5S. The average molecular weight is 355 g/mol. The molecule has 1 aliphatic rings. The van der Waals surface area contributed by atoms with Crippen molar-refractivity contribution in [1.82, 2.24) is 9.21 Å². The third kappa shape index (κ3) is 4.31. The molecule has 1 N–H and O–H groups in total. The molecule has 24 heavy (non-hydrogen) atoms. The summed E-state index contributed by atoms with van der Waals surface area (Å²) in [5.41, 5.74) is 0.538. The number of sulfonamides is 1. The van der Waals surface area contributed by atoms with E-state index in [1.807, 2.05) is 0 Å². The maximum atomic E-state index is 12.6. The number of rotatable bonds is 5. The van der Waals surface area contributed by atoms with Gasteiger partial charge in [-0.25, -0.2) is 8.42 Å². The lowest BCUT2D eigenvalue weighted by Crippen LogP contribution is -2.51. The van der Waals surface area contributed by atoms with Crippen LogP contribution in [0.25, 0.3) is 0 Å². The third-order valence-corrected chi connectivity index (χ3v) is 5.58. The van der Waals surface area contributed by atoms with Crippen LogP contribution < -0.4 is 5.32 Å². The molecule has 0 saturated carbocycles. The maximum absolute atomic E-state index is 12.6. The molecule has 1 aliphatic heterocycles. The van der Waals surface area contributed by atoms with E-state index in [-0.39, 0.29) is 36.4 Å². The lowest BCUT2D eigenvalue weighted by Gasteiger charge is -2.33. The zero-order valence-electron chi connectivity index (χ0n) is 13.7. The van der Waals surface area contributed by atoms with Gasteiger partial charge in [-0.3, -0.25) is 9.59 Å². The monoisotopic (exact) mass is 355 g/mol. The Morgan fingerprint density at radius 3 is 2.21 bits per heavy atom. The Hall–Kier alpha value is -1.97. The number of hydrogen-bond donors (Lipinski definition) is 1. The molecule has 8 nitrogen and oxygen atoms in total. The summed E-state index contributed by atoms with van der Waals surface area (Å²) in [5, 5.41) is 2.59. The van der Waals surface area contributed by atoms with Crippen molar-refractivity contribution in [1.29, 1.82) is 0 Å². The normalized spacial score (nSPS) is 16.0. The number of hydrogen-bond acceptors (Lipinski definition) is 5. The van der Waals surface area contributed by atoms with E-state index >= 15 is 0 Å². The van der Waals surface area contributed by atoms with E-state index in [9.17, 15) is 18.0 Å². The number of ether oxygens (including phenoxy) is 1. The second-order valence-electron chi connectivity index (χ2n) is 5.42. The van der Waals surface area contributed by atoms with Gasteiger partial charge in [0.2, 0.25) is 21.8 Å². The van der Waals surface area contributed by atoms with Crippen LogP contribution in [-0.4, -0.2) is 69.3 Å². The molecule has 1 aromatic rings. The summed E-state index contributed by atoms with van der Waals surface area (Å²) in [6, 6.07) is 6.02. The number of piperazine rings is 1. The van der Waals surface area contributed by atoms with Gasteiger partial charge >= 0.3 is 0 Å². The van der Waals surface area contributed by atoms with Crippen molar-refractivity contribution in [3.63, 3.8) is 0 Å². The minimum atomic E-state index is -3.62. The van der Waals surface area contributed by atoms with Gasteiger partial charge < -0.3 is 15.0 Å². The molecule has 1 heterocycles. The fraction of sp³-hybridized carbons (Fsp3) is 0.467. The molecule has 1 saturated heterocycles. The molecular weight excluding hydrogens is 334 g/mol. The van der Waals surface area contributed by atoms with Crippen LogP contribution in [0.2, 0.25) is 0 Å². The Morgan fingerprint density at radius 1 is 1.12 bits per heavy atom. The molecule has 132 valence electrons. The highest BCUT2D eigenvalue weighted by Crippen LogP contribution is 2.20. The molecule has 1 aromatic carbocycles. The van der Waals surface area contributed by atoms with E-state index < -0.39 is 10.0 Å². The number of benzene rings is 1. The predicted molar refractivity (Wildman–Crippen MR) is 88.0 cm³/mol. The lowest BCUT2D eigenvalue weighted by atomic mass is 10.3. The molecule has 0 bridgehead atoms. The number of nitrogens with one attached hydrogen (secondary N) is 1. The van der Waals surface area contributed by atoms with Gasteiger partial charge in [0.25, 0.3) is 0 Å². The largest absolute Gasteiger partial charge is 0.375 e. The minimum absolute atomic E-state index is 0.00262. The number of carbonyl (C=O) groups excluding carboxylic acids is 2. The van der Waals surface area contributed by atoms with E-state index in [4.69, 9.17) is 4.74 Å². The zero-order valence-corrected chi connectivity index (χ0v) is 14.5.